The van der Waals surface area contributed by atoms with E-state index in [-0.39, 0.29) is 5.91 Å². The number of carbonyl (C=O) groups excluding carboxylic acids is 1. The molecule has 0 atom stereocenters. The number of nitrogens with two attached hydrogens (primary N) is 1. The van der Waals surface area contributed by atoms with Crippen molar-refractivity contribution >= 4 is 5.91 Å². The molecule has 154 valence electrons. The van der Waals surface area contributed by atoms with Crippen molar-refractivity contribution in [2.45, 2.75) is 26.8 Å². The lowest BCUT2D eigenvalue weighted by atomic mass is 9.96. The molecule has 1 aromatic heterocycles. The molecule has 6 nitrogen and oxygen atoms in total. The number of nitrogens with one attached hydrogen (secondary N) is 1. The zero-order valence-corrected chi connectivity index (χ0v) is 17.4. The van der Waals surface area contributed by atoms with Crippen LogP contribution in [0.3, 0.4) is 0 Å². The zero-order valence-electron chi connectivity index (χ0n) is 17.4. The predicted octanol–water partition coefficient (Wildman–Crippen LogP) is 3.36. The maximum Gasteiger partial charge on any atom is 0.271 e. The molecule has 30 heavy (non-hydrogen) atoms. The van der Waals surface area contributed by atoms with Gasteiger partial charge < -0.3 is 15.6 Å². The molecule has 2 aromatic carbocycles. The second kappa shape index (κ2) is 9.86. The lowest BCUT2D eigenvalue weighted by Crippen LogP contribution is -2.27. The Hall–Kier alpha value is -3.43. The molecule has 0 saturated carbocycles. The van der Waals surface area contributed by atoms with Gasteiger partial charge in [0, 0.05) is 19.3 Å². The summed E-state index contributed by atoms with van der Waals surface area (Å²) in [7, 11) is 0. The van der Waals surface area contributed by atoms with Gasteiger partial charge in [-0.15, -0.1) is 0 Å². The van der Waals surface area contributed by atoms with Crippen molar-refractivity contribution in [1.29, 1.82) is 5.26 Å². The van der Waals surface area contributed by atoms with Crippen LogP contribution in [0.15, 0.2) is 55.0 Å². The number of benzene rings is 2. The lowest BCUT2D eigenvalue weighted by Gasteiger charge is -2.12. The number of carbonyl (C=O) groups is 1. The predicted molar refractivity (Wildman–Crippen MR) is 118 cm³/mol. The molecule has 1 amide bonds. The van der Waals surface area contributed by atoms with E-state index in [4.69, 9.17) is 5.73 Å². The highest BCUT2D eigenvalue weighted by Crippen LogP contribution is 2.26. The van der Waals surface area contributed by atoms with E-state index in [1.165, 1.54) is 5.56 Å². The van der Waals surface area contributed by atoms with Crippen LogP contribution in [0, 0.1) is 17.2 Å². The molecule has 0 radical (unpaired) electrons. The van der Waals surface area contributed by atoms with E-state index >= 15 is 0 Å². The van der Waals surface area contributed by atoms with Crippen molar-refractivity contribution in [2.24, 2.45) is 11.7 Å². The van der Waals surface area contributed by atoms with E-state index in [1.807, 2.05) is 36.6 Å². The van der Waals surface area contributed by atoms with Gasteiger partial charge in [-0.2, -0.15) is 5.26 Å². The maximum absolute atomic E-state index is 12.3. The van der Waals surface area contributed by atoms with Crippen LogP contribution in [0.5, 0.6) is 0 Å². The molecular formula is C24H27N5O. The number of aromatic nitrogens is 2. The fourth-order valence-corrected chi connectivity index (χ4v) is 3.24. The maximum atomic E-state index is 12.3. The van der Waals surface area contributed by atoms with Gasteiger partial charge >= 0.3 is 0 Å². The van der Waals surface area contributed by atoms with E-state index in [0.717, 1.165) is 23.1 Å². The van der Waals surface area contributed by atoms with Gasteiger partial charge in [-0.25, -0.2) is 4.98 Å². The first kappa shape index (κ1) is 21.3. The van der Waals surface area contributed by atoms with Crippen LogP contribution in [0.25, 0.3) is 11.1 Å². The third kappa shape index (κ3) is 5.34. The molecule has 0 saturated heterocycles. The summed E-state index contributed by atoms with van der Waals surface area (Å²) in [6.07, 6.45) is 4.23. The number of hydrogen-bond acceptors (Lipinski definition) is 4. The molecule has 0 spiro atoms. The van der Waals surface area contributed by atoms with Gasteiger partial charge in [0.1, 0.15) is 5.69 Å². The summed E-state index contributed by atoms with van der Waals surface area (Å²) in [5.41, 5.74) is 10.9. The molecule has 0 aliphatic heterocycles. The molecular weight excluding hydrogens is 374 g/mol. The SMILES string of the molecule is CC(C)CNC(=O)c1cn(Cc2cc(C#N)ccc2-c2ccc(CCN)cc2)cn1. The smallest absolute Gasteiger partial charge is 0.271 e. The number of nitrogens with zero attached hydrogens (tertiary/aromatic N) is 3. The van der Waals surface area contributed by atoms with Gasteiger partial charge in [-0.3, -0.25) is 4.79 Å². The highest BCUT2D eigenvalue weighted by atomic mass is 16.1. The molecule has 1 heterocycles. The number of rotatable bonds is 8. The normalized spacial score (nSPS) is 10.8. The molecule has 3 N–H and O–H groups in total. The van der Waals surface area contributed by atoms with Crippen molar-refractivity contribution in [3.8, 4) is 17.2 Å². The van der Waals surface area contributed by atoms with Gasteiger partial charge in [0.2, 0.25) is 0 Å². The minimum atomic E-state index is -0.177. The second-order valence-electron chi connectivity index (χ2n) is 7.75. The summed E-state index contributed by atoms with van der Waals surface area (Å²) < 4.78 is 1.87. The van der Waals surface area contributed by atoms with Crippen molar-refractivity contribution in [3.05, 3.63) is 77.4 Å². The summed E-state index contributed by atoms with van der Waals surface area (Å²) in [5.74, 6) is 0.201. The summed E-state index contributed by atoms with van der Waals surface area (Å²) in [5, 5.41) is 12.2. The van der Waals surface area contributed by atoms with Crippen LogP contribution < -0.4 is 11.1 Å². The number of imidazole rings is 1. The molecule has 0 unspecified atom stereocenters. The van der Waals surface area contributed by atoms with E-state index < -0.39 is 0 Å². The van der Waals surface area contributed by atoms with Crippen molar-refractivity contribution in [2.75, 3.05) is 13.1 Å². The second-order valence-corrected chi connectivity index (χ2v) is 7.75. The standard InChI is InChI=1S/C24H27N5O/c1-17(2)13-27-24(30)23-15-29(16-28-23)14-21-11-19(12-26)5-8-22(21)20-6-3-18(4-7-20)9-10-25/h3-8,11,15-17H,9-10,13-14,25H2,1-2H3,(H,27,30). The van der Waals surface area contributed by atoms with Crippen LogP contribution in [0.2, 0.25) is 0 Å². The largest absolute Gasteiger partial charge is 0.350 e. The van der Waals surface area contributed by atoms with Crippen LogP contribution in [-0.4, -0.2) is 28.5 Å². The third-order valence-corrected chi connectivity index (χ3v) is 4.82. The van der Waals surface area contributed by atoms with Gasteiger partial charge in [0.25, 0.3) is 5.91 Å². The first-order valence-electron chi connectivity index (χ1n) is 10.1. The Balaban J connectivity index is 1.85. The molecule has 3 rings (SSSR count). The molecule has 0 bridgehead atoms. The monoisotopic (exact) mass is 401 g/mol. The first-order chi connectivity index (χ1) is 14.5. The molecule has 3 aromatic rings. The zero-order chi connectivity index (χ0) is 21.5. The molecule has 0 fully saturated rings. The van der Waals surface area contributed by atoms with Gasteiger partial charge in [-0.05, 0) is 53.3 Å². The molecule has 6 heteroatoms. The van der Waals surface area contributed by atoms with Crippen LogP contribution in [-0.2, 0) is 13.0 Å². The van der Waals surface area contributed by atoms with Crippen molar-refractivity contribution in [3.63, 3.8) is 0 Å². The molecule has 0 aliphatic rings. The first-order valence-corrected chi connectivity index (χ1v) is 10.1. The van der Waals surface area contributed by atoms with Gasteiger partial charge in [-0.1, -0.05) is 44.2 Å². The van der Waals surface area contributed by atoms with E-state index in [2.05, 4.69) is 40.6 Å². The van der Waals surface area contributed by atoms with Crippen LogP contribution in [0.1, 0.15) is 41.0 Å². The summed E-state index contributed by atoms with van der Waals surface area (Å²) in [4.78, 5) is 16.5. The summed E-state index contributed by atoms with van der Waals surface area (Å²) >= 11 is 0. The Bertz CT molecular complexity index is 1040. The minimum absolute atomic E-state index is 0.177. The fraction of sp³-hybridized carbons (Fsp3) is 0.292. The van der Waals surface area contributed by atoms with E-state index in [0.29, 0.717) is 36.8 Å². The Kier molecular flexibility index (Phi) is 6.99. The fourth-order valence-electron chi connectivity index (χ4n) is 3.24. The Morgan fingerprint density at radius 1 is 1.23 bits per heavy atom. The van der Waals surface area contributed by atoms with Crippen LogP contribution in [0.4, 0.5) is 0 Å². The van der Waals surface area contributed by atoms with Gasteiger partial charge in [0.05, 0.1) is 18.0 Å². The van der Waals surface area contributed by atoms with Crippen molar-refractivity contribution in [1.82, 2.24) is 14.9 Å². The van der Waals surface area contributed by atoms with Crippen LogP contribution >= 0.6 is 0 Å². The third-order valence-electron chi connectivity index (χ3n) is 4.82. The Morgan fingerprint density at radius 3 is 2.67 bits per heavy atom. The summed E-state index contributed by atoms with van der Waals surface area (Å²) in [6, 6.07) is 16.2. The minimum Gasteiger partial charge on any atom is -0.350 e. The average molecular weight is 402 g/mol. The highest BCUT2D eigenvalue weighted by Gasteiger charge is 2.12. The Morgan fingerprint density at radius 2 is 2.00 bits per heavy atom. The summed E-state index contributed by atoms with van der Waals surface area (Å²) in [6.45, 7) is 5.84. The number of hydrogen-bond donors (Lipinski definition) is 2. The quantitative estimate of drug-likeness (QED) is 0.605. The van der Waals surface area contributed by atoms with Gasteiger partial charge in [0.15, 0.2) is 0 Å². The molecule has 0 aliphatic carbocycles. The van der Waals surface area contributed by atoms with Crippen molar-refractivity contribution < 1.29 is 4.79 Å². The number of nitriles is 1. The Labute approximate surface area is 177 Å². The van der Waals surface area contributed by atoms with E-state index in [9.17, 15) is 10.1 Å². The number of amides is 1. The average Bonchev–Trinajstić information content (AvgIpc) is 3.21. The topological polar surface area (TPSA) is 96.7 Å². The van der Waals surface area contributed by atoms with E-state index in [1.54, 1.807) is 12.5 Å². The lowest BCUT2D eigenvalue weighted by molar-refractivity contribution is 0.0944. The highest BCUT2D eigenvalue weighted by molar-refractivity contribution is 5.92.